The molecule has 0 N–H and O–H groups in total. The smallest absolute Gasteiger partial charge is 0.160 e. The average Bonchev–Trinajstić information content (AvgIpc) is 3.98. The van der Waals surface area contributed by atoms with Crippen molar-refractivity contribution in [2.45, 2.75) is 12.3 Å². The number of rotatable bonds is 6. The van der Waals surface area contributed by atoms with E-state index < -0.39 is 5.41 Å². The summed E-state index contributed by atoms with van der Waals surface area (Å²) >= 11 is 0. The van der Waals surface area contributed by atoms with Gasteiger partial charge in [0, 0.05) is 22.0 Å². The van der Waals surface area contributed by atoms with Crippen molar-refractivity contribution in [1.29, 1.82) is 0 Å². The molecule has 10 aromatic rings. The van der Waals surface area contributed by atoms with E-state index in [1.807, 2.05) is 67.6 Å². The largest absolute Gasteiger partial charge is 0.456 e. The van der Waals surface area contributed by atoms with Crippen molar-refractivity contribution in [2.75, 3.05) is 0 Å². The average molecular weight is 805 g/mol. The SMILES string of the molecule is C=C(/N=C(\N=C(/C)c1cccc(-c2cccc3oc4ccc(-c5ccc6c(c5)C5(c7ccccc7-c7ccccc75)c5ccccc5-6)cc4c23)c1)c1ccccc1)c1ccccc1. The summed E-state index contributed by atoms with van der Waals surface area (Å²) in [6.45, 7) is 6.34. The summed E-state index contributed by atoms with van der Waals surface area (Å²) in [5.41, 5.74) is 20.8. The van der Waals surface area contributed by atoms with Crippen LogP contribution in [0, 0.1) is 0 Å². The van der Waals surface area contributed by atoms with Crippen LogP contribution in [0.5, 0.6) is 0 Å². The third-order valence-corrected chi connectivity index (χ3v) is 13.1. The highest BCUT2D eigenvalue weighted by Crippen LogP contribution is 2.63. The van der Waals surface area contributed by atoms with Crippen LogP contribution in [0.1, 0.15) is 45.9 Å². The molecule has 0 bridgehead atoms. The first kappa shape index (κ1) is 36.7. The molecular weight excluding hydrogens is 765 g/mol. The van der Waals surface area contributed by atoms with E-state index in [1.165, 1.54) is 50.1 Å². The van der Waals surface area contributed by atoms with Crippen molar-refractivity contribution in [3.05, 3.63) is 258 Å². The van der Waals surface area contributed by atoms with Gasteiger partial charge in [0.1, 0.15) is 11.2 Å². The summed E-state index contributed by atoms with van der Waals surface area (Å²) < 4.78 is 6.58. The van der Waals surface area contributed by atoms with Gasteiger partial charge in [-0.2, -0.15) is 0 Å². The summed E-state index contributed by atoms with van der Waals surface area (Å²) in [7, 11) is 0. The van der Waals surface area contributed by atoms with E-state index in [2.05, 4.69) is 158 Å². The molecule has 0 saturated carbocycles. The number of amidine groups is 1. The molecule has 2 aliphatic rings. The minimum absolute atomic E-state index is 0.398. The third kappa shape index (κ3) is 5.74. The first-order valence-corrected chi connectivity index (χ1v) is 21.5. The Morgan fingerprint density at radius 2 is 0.952 bits per heavy atom. The van der Waals surface area contributed by atoms with Crippen molar-refractivity contribution in [2.24, 2.45) is 9.98 Å². The molecule has 3 heteroatoms. The maximum absolute atomic E-state index is 6.58. The van der Waals surface area contributed by atoms with Gasteiger partial charge in [-0.3, -0.25) is 0 Å². The highest BCUT2D eigenvalue weighted by Gasteiger charge is 2.51. The summed E-state index contributed by atoms with van der Waals surface area (Å²) in [6.07, 6.45) is 0. The number of furan rings is 1. The fourth-order valence-electron chi connectivity index (χ4n) is 10.2. The first-order chi connectivity index (χ1) is 31.1. The zero-order valence-corrected chi connectivity index (χ0v) is 34.7. The van der Waals surface area contributed by atoms with E-state index in [9.17, 15) is 0 Å². The second-order valence-electron chi connectivity index (χ2n) is 16.5. The Labute approximate surface area is 366 Å². The van der Waals surface area contributed by atoms with Crippen molar-refractivity contribution in [3.8, 4) is 44.5 Å². The van der Waals surface area contributed by atoms with Gasteiger partial charge in [-0.1, -0.05) is 189 Å². The second kappa shape index (κ2) is 14.5. The third-order valence-electron chi connectivity index (χ3n) is 13.1. The van der Waals surface area contributed by atoms with Gasteiger partial charge in [0.25, 0.3) is 0 Å². The lowest BCUT2D eigenvalue weighted by Gasteiger charge is -2.30. The van der Waals surface area contributed by atoms with Crippen molar-refractivity contribution in [1.82, 2.24) is 0 Å². The fraction of sp³-hybridized carbons (Fsp3) is 0.0333. The molecule has 0 unspecified atom stereocenters. The molecular formula is C60H40N2O. The highest BCUT2D eigenvalue weighted by molar-refractivity contribution is 6.15. The monoisotopic (exact) mass is 804 g/mol. The Morgan fingerprint density at radius 3 is 1.63 bits per heavy atom. The van der Waals surface area contributed by atoms with Crippen LogP contribution in [0.4, 0.5) is 0 Å². The van der Waals surface area contributed by atoms with Crippen LogP contribution in [0.25, 0.3) is 72.1 Å². The van der Waals surface area contributed by atoms with Crippen LogP contribution in [0.15, 0.2) is 233 Å². The van der Waals surface area contributed by atoms with E-state index in [1.54, 1.807) is 0 Å². The molecule has 2 aliphatic carbocycles. The normalized spacial score (nSPS) is 13.5. The minimum atomic E-state index is -0.398. The van der Waals surface area contributed by atoms with Gasteiger partial charge in [-0.05, 0) is 115 Å². The highest BCUT2D eigenvalue weighted by atomic mass is 16.3. The zero-order chi connectivity index (χ0) is 42.1. The lowest BCUT2D eigenvalue weighted by Crippen LogP contribution is -2.25. The van der Waals surface area contributed by atoms with Crippen molar-refractivity contribution < 1.29 is 4.42 Å². The van der Waals surface area contributed by atoms with Crippen LogP contribution in [-0.2, 0) is 5.41 Å². The molecule has 9 aromatic carbocycles. The molecule has 63 heavy (non-hydrogen) atoms. The van der Waals surface area contributed by atoms with E-state index in [0.717, 1.165) is 61.0 Å². The van der Waals surface area contributed by atoms with Crippen molar-refractivity contribution in [3.63, 3.8) is 0 Å². The van der Waals surface area contributed by atoms with Crippen LogP contribution >= 0.6 is 0 Å². The van der Waals surface area contributed by atoms with Gasteiger partial charge >= 0.3 is 0 Å². The van der Waals surface area contributed by atoms with Gasteiger partial charge < -0.3 is 4.42 Å². The standard InChI is InChI=1S/C60H40N2O/c1-38(40-17-5-3-6-18-40)61-59(41-19-7-4-8-20-41)62-39(2)42-21-15-22-45(35-42)46-26-16-30-57-58(46)51-36-43(32-34-56(51)63-57)44-31-33-50-49-25-11-14-29-54(49)60(55(50)37-44)52-27-12-9-23-47(52)48-24-10-13-28-53(48)60/h3-37H,1H2,2H3/b61-59-,62-39+. The molecule has 0 amide bonds. The molecule has 296 valence electrons. The Morgan fingerprint density at radius 1 is 0.413 bits per heavy atom. The minimum Gasteiger partial charge on any atom is -0.456 e. The summed E-state index contributed by atoms with van der Waals surface area (Å²) in [4.78, 5) is 10.1. The maximum atomic E-state index is 6.58. The number of aliphatic imine (C=N–C) groups is 2. The van der Waals surface area contributed by atoms with Crippen LogP contribution < -0.4 is 0 Å². The summed E-state index contributed by atoms with van der Waals surface area (Å²) in [5.74, 6) is 0.616. The van der Waals surface area contributed by atoms with Gasteiger partial charge in [0.05, 0.1) is 11.1 Å². The zero-order valence-electron chi connectivity index (χ0n) is 34.7. The van der Waals surface area contributed by atoms with Crippen LogP contribution in [0.3, 0.4) is 0 Å². The summed E-state index contributed by atoms with van der Waals surface area (Å²) in [5, 5.41) is 2.18. The maximum Gasteiger partial charge on any atom is 0.160 e. The van der Waals surface area contributed by atoms with E-state index in [-0.39, 0.29) is 0 Å². The number of fused-ring (bicyclic) bond motifs is 13. The molecule has 1 aromatic heterocycles. The molecule has 12 rings (SSSR count). The molecule has 0 aliphatic heterocycles. The quantitative estimate of drug-likeness (QED) is 0.122. The lowest BCUT2D eigenvalue weighted by molar-refractivity contribution is 0.669. The second-order valence-corrected chi connectivity index (χ2v) is 16.5. The van der Waals surface area contributed by atoms with Crippen LogP contribution in [0.2, 0.25) is 0 Å². The van der Waals surface area contributed by atoms with Gasteiger partial charge in [-0.25, -0.2) is 9.98 Å². The number of hydrogen-bond donors (Lipinski definition) is 0. The first-order valence-electron chi connectivity index (χ1n) is 21.5. The molecule has 0 radical (unpaired) electrons. The molecule has 0 fully saturated rings. The Kier molecular flexibility index (Phi) is 8.45. The molecule has 1 heterocycles. The number of nitrogens with zero attached hydrogens (tertiary/aromatic N) is 2. The Balaban J connectivity index is 0.966. The molecule has 1 spiro atoms. The Hall–Kier alpha value is -8.14. The molecule has 3 nitrogen and oxygen atoms in total. The predicted octanol–water partition coefficient (Wildman–Crippen LogP) is 15.2. The predicted molar refractivity (Wildman–Crippen MR) is 262 cm³/mol. The van der Waals surface area contributed by atoms with Crippen LogP contribution in [-0.4, -0.2) is 11.5 Å². The number of benzene rings is 9. The van der Waals surface area contributed by atoms with Gasteiger partial charge in [-0.15, -0.1) is 0 Å². The van der Waals surface area contributed by atoms with E-state index >= 15 is 0 Å². The van der Waals surface area contributed by atoms with Crippen molar-refractivity contribution >= 4 is 39.2 Å². The Bertz CT molecular complexity index is 3470. The fourth-order valence-corrected chi connectivity index (χ4v) is 10.2. The van der Waals surface area contributed by atoms with Gasteiger partial charge in [0.2, 0.25) is 0 Å². The van der Waals surface area contributed by atoms with E-state index in [0.29, 0.717) is 11.5 Å². The molecule has 0 saturated heterocycles. The summed E-state index contributed by atoms with van der Waals surface area (Å²) in [6, 6.07) is 75.8. The van der Waals surface area contributed by atoms with Gasteiger partial charge in [0.15, 0.2) is 5.84 Å². The number of hydrogen-bond acceptors (Lipinski definition) is 2. The molecule has 0 atom stereocenters. The lowest BCUT2D eigenvalue weighted by atomic mass is 9.70. The topological polar surface area (TPSA) is 37.9 Å². The van der Waals surface area contributed by atoms with E-state index in [4.69, 9.17) is 14.4 Å².